The summed E-state index contributed by atoms with van der Waals surface area (Å²) in [6.07, 6.45) is -0.332. The average molecular weight is 439 g/mol. The normalized spacial score (nSPS) is 19.3. The van der Waals surface area contributed by atoms with Crippen LogP contribution in [0.5, 0.6) is 11.5 Å². The minimum absolute atomic E-state index is 0.171. The number of fused-ring (bicyclic) bond motifs is 2. The summed E-state index contributed by atoms with van der Waals surface area (Å²) in [7, 11) is 0. The van der Waals surface area contributed by atoms with Gasteiger partial charge >= 0.3 is 0 Å². The summed E-state index contributed by atoms with van der Waals surface area (Å²) in [6.45, 7) is 8.41. The summed E-state index contributed by atoms with van der Waals surface area (Å²) in [5.74, 6) is 1.90. The molecule has 32 heavy (non-hydrogen) atoms. The molecule has 2 heterocycles. The van der Waals surface area contributed by atoms with Gasteiger partial charge in [0.2, 0.25) is 0 Å². The number of hydrogen-bond acceptors (Lipinski definition) is 5. The monoisotopic (exact) mass is 438 g/mol. The van der Waals surface area contributed by atoms with Gasteiger partial charge in [-0.1, -0.05) is 13.8 Å². The van der Waals surface area contributed by atoms with Crippen molar-refractivity contribution in [1.82, 2.24) is 10.6 Å². The Morgan fingerprint density at radius 2 is 1.38 bits per heavy atom. The summed E-state index contributed by atoms with van der Waals surface area (Å²) in [5, 5.41) is 5.84. The van der Waals surface area contributed by atoms with Crippen molar-refractivity contribution < 1.29 is 23.8 Å². The summed E-state index contributed by atoms with van der Waals surface area (Å²) in [4.78, 5) is 25.3. The second kappa shape index (κ2) is 9.61. The first-order valence-electron chi connectivity index (χ1n) is 11.2. The van der Waals surface area contributed by atoms with Crippen molar-refractivity contribution in [3.63, 3.8) is 0 Å². The number of rotatable bonds is 8. The van der Waals surface area contributed by atoms with Crippen LogP contribution in [0.15, 0.2) is 36.4 Å². The van der Waals surface area contributed by atoms with Crippen LogP contribution in [0.4, 0.5) is 0 Å². The number of ether oxygens (including phenoxy) is 3. The Bertz CT molecular complexity index is 928. The molecular weight excluding hydrogens is 408 g/mol. The molecular formula is C25H30N2O5. The molecule has 2 unspecified atom stereocenters. The van der Waals surface area contributed by atoms with Crippen LogP contribution >= 0.6 is 0 Å². The van der Waals surface area contributed by atoms with Gasteiger partial charge in [0.25, 0.3) is 11.8 Å². The first-order chi connectivity index (χ1) is 15.5. The lowest BCUT2D eigenvalue weighted by molar-refractivity contribution is 0.0564. The van der Waals surface area contributed by atoms with E-state index < -0.39 is 0 Å². The molecule has 2 N–H and O–H groups in total. The maximum atomic E-state index is 12.7. The highest BCUT2D eigenvalue weighted by Gasteiger charge is 2.23. The zero-order valence-corrected chi connectivity index (χ0v) is 18.8. The fourth-order valence-corrected chi connectivity index (χ4v) is 4.06. The third kappa shape index (κ3) is 4.72. The first-order valence-corrected chi connectivity index (χ1v) is 11.2. The minimum Gasteiger partial charge on any atom is -0.493 e. The van der Waals surface area contributed by atoms with Crippen LogP contribution < -0.4 is 20.1 Å². The minimum atomic E-state index is -0.332. The van der Waals surface area contributed by atoms with Crippen LogP contribution in [-0.2, 0) is 4.74 Å². The van der Waals surface area contributed by atoms with E-state index >= 15 is 0 Å². The predicted octanol–water partition coefficient (Wildman–Crippen LogP) is 3.24. The average Bonchev–Trinajstić information content (AvgIpc) is 3.37. The van der Waals surface area contributed by atoms with Crippen LogP contribution in [-0.4, -0.2) is 50.8 Å². The van der Waals surface area contributed by atoms with E-state index in [0.29, 0.717) is 44.0 Å². The van der Waals surface area contributed by atoms with E-state index in [1.165, 1.54) is 0 Å². The number of hydrogen-bond donors (Lipinski definition) is 2. The number of amides is 2. The van der Waals surface area contributed by atoms with Crippen molar-refractivity contribution in [3.8, 4) is 11.5 Å². The molecule has 2 aromatic carbocycles. The Labute approximate surface area is 188 Å². The number of nitrogens with one attached hydrogen (secondary N) is 2. The van der Waals surface area contributed by atoms with E-state index in [1.807, 2.05) is 31.2 Å². The molecule has 0 bridgehead atoms. The van der Waals surface area contributed by atoms with Gasteiger partial charge in [-0.25, -0.2) is 0 Å². The summed E-state index contributed by atoms with van der Waals surface area (Å²) in [6, 6.07) is 11.0. The van der Waals surface area contributed by atoms with E-state index in [0.717, 1.165) is 22.6 Å². The lowest BCUT2D eigenvalue weighted by Crippen LogP contribution is -2.41. The topological polar surface area (TPSA) is 85.9 Å². The molecule has 2 aliphatic heterocycles. The molecule has 7 nitrogen and oxygen atoms in total. The lowest BCUT2D eigenvalue weighted by Gasteiger charge is -2.19. The van der Waals surface area contributed by atoms with E-state index in [4.69, 9.17) is 14.2 Å². The Hall–Kier alpha value is -3.06. The van der Waals surface area contributed by atoms with Gasteiger partial charge in [0.15, 0.2) is 0 Å². The van der Waals surface area contributed by atoms with Crippen LogP contribution in [0.1, 0.15) is 64.4 Å². The van der Waals surface area contributed by atoms with Crippen molar-refractivity contribution in [1.29, 1.82) is 0 Å². The van der Waals surface area contributed by atoms with Gasteiger partial charge in [0.1, 0.15) is 11.5 Å². The summed E-state index contributed by atoms with van der Waals surface area (Å²) >= 11 is 0. The zero-order chi connectivity index (χ0) is 22.7. The van der Waals surface area contributed by atoms with Crippen molar-refractivity contribution in [2.24, 2.45) is 0 Å². The van der Waals surface area contributed by atoms with Gasteiger partial charge in [0, 0.05) is 53.8 Å². The largest absolute Gasteiger partial charge is 0.493 e. The highest BCUT2D eigenvalue weighted by molar-refractivity contribution is 5.95. The zero-order valence-electron chi connectivity index (χ0n) is 18.8. The molecule has 170 valence electrons. The van der Waals surface area contributed by atoms with Gasteiger partial charge in [-0.2, -0.15) is 0 Å². The van der Waals surface area contributed by atoms with Crippen LogP contribution in [0.2, 0.25) is 0 Å². The number of carbonyl (C=O) groups excluding carboxylic acids is 2. The summed E-state index contributed by atoms with van der Waals surface area (Å²) < 4.78 is 16.9. The van der Waals surface area contributed by atoms with Crippen molar-refractivity contribution >= 4 is 11.8 Å². The lowest BCUT2D eigenvalue weighted by atomic mass is 10.0. The van der Waals surface area contributed by atoms with Crippen LogP contribution in [0.3, 0.4) is 0 Å². The summed E-state index contributed by atoms with van der Waals surface area (Å²) in [5.41, 5.74) is 3.30. The molecule has 0 aliphatic carbocycles. The van der Waals surface area contributed by atoms with Crippen molar-refractivity contribution in [2.45, 2.75) is 38.7 Å². The van der Waals surface area contributed by atoms with Gasteiger partial charge in [0.05, 0.1) is 19.3 Å². The standard InChI is InChI=1S/C25H30N2O5/c1-4-30-19(11-26-24(28)17-5-7-22-20(9-17)15(2)13-31-22)12-27-25(29)18-6-8-23-21(10-18)16(3)14-32-23/h5-10,15-16,19H,4,11-14H2,1-3H3,(H,26,28)(H,27,29). The third-order valence-corrected chi connectivity index (χ3v) is 5.97. The van der Waals surface area contributed by atoms with Gasteiger partial charge in [-0.15, -0.1) is 0 Å². The van der Waals surface area contributed by atoms with Crippen molar-refractivity contribution in [3.05, 3.63) is 58.7 Å². The van der Waals surface area contributed by atoms with Gasteiger partial charge < -0.3 is 24.8 Å². The highest BCUT2D eigenvalue weighted by atomic mass is 16.5. The fourth-order valence-electron chi connectivity index (χ4n) is 4.06. The van der Waals surface area contributed by atoms with Gasteiger partial charge in [-0.05, 0) is 43.3 Å². The molecule has 0 saturated carbocycles. The third-order valence-electron chi connectivity index (χ3n) is 5.97. The molecule has 0 aromatic heterocycles. The molecule has 2 aromatic rings. The maximum Gasteiger partial charge on any atom is 0.251 e. The molecule has 0 saturated heterocycles. The van der Waals surface area contributed by atoms with E-state index in [1.54, 1.807) is 12.1 Å². The smallest absolute Gasteiger partial charge is 0.251 e. The second-order valence-corrected chi connectivity index (χ2v) is 8.43. The van der Waals surface area contributed by atoms with E-state index in [2.05, 4.69) is 24.5 Å². The molecule has 2 atom stereocenters. The maximum absolute atomic E-state index is 12.7. The Morgan fingerprint density at radius 1 is 0.906 bits per heavy atom. The predicted molar refractivity (Wildman–Crippen MR) is 121 cm³/mol. The quantitative estimate of drug-likeness (QED) is 0.661. The Balaban J connectivity index is 1.32. The molecule has 2 aliphatic rings. The SMILES string of the molecule is CCOC(CNC(=O)c1ccc2c(c1)C(C)CO2)CNC(=O)c1ccc2c(c1)C(C)CO2. The molecule has 7 heteroatoms. The van der Waals surface area contributed by atoms with Crippen LogP contribution in [0, 0.1) is 0 Å². The Morgan fingerprint density at radius 3 is 1.81 bits per heavy atom. The van der Waals surface area contributed by atoms with Crippen LogP contribution in [0.25, 0.3) is 0 Å². The molecule has 2 amide bonds. The molecule has 4 rings (SSSR count). The van der Waals surface area contributed by atoms with Crippen molar-refractivity contribution in [2.75, 3.05) is 32.9 Å². The number of carbonyl (C=O) groups is 2. The highest BCUT2D eigenvalue weighted by Crippen LogP contribution is 2.34. The molecule has 0 fully saturated rings. The fraction of sp³-hybridized carbons (Fsp3) is 0.440. The molecule has 0 spiro atoms. The molecule has 0 radical (unpaired) electrons. The van der Waals surface area contributed by atoms with E-state index in [9.17, 15) is 9.59 Å². The first kappa shape index (κ1) is 22.1. The number of benzene rings is 2. The second-order valence-electron chi connectivity index (χ2n) is 8.43. The van der Waals surface area contributed by atoms with E-state index in [-0.39, 0.29) is 29.8 Å². The van der Waals surface area contributed by atoms with Gasteiger partial charge in [-0.3, -0.25) is 9.59 Å². The Kier molecular flexibility index (Phi) is 6.65.